The van der Waals surface area contributed by atoms with Crippen LogP contribution in [0.5, 0.6) is 0 Å². The van der Waals surface area contributed by atoms with Gasteiger partial charge in [0.05, 0.1) is 6.07 Å². The SMILES string of the molecule is CC1CCN(C(=O)c2oc3ccccc3c2NC(=O)c2ccc([N+](=O)[O-])o2)CC1. The van der Waals surface area contributed by atoms with E-state index >= 15 is 0 Å². The van der Waals surface area contributed by atoms with Gasteiger partial charge in [-0.25, -0.2) is 0 Å². The fourth-order valence-electron chi connectivity index (χ4n) is 3.40. The largest absolute Gasteiger partial charge is 0.449 e. The highest BCUT2D eigenvalue weighted by atomic mass is 16.6. The van der Waals surface area contributed by atoms with Crippen molar-refractivity contribution in [2.24, 2.45) is 5.92 Å². The Morgan fingerprint density at radius 3 is 2.55 bits per heavy atom. The predicted molar refractivity (Wildman–Crippen MR) is 104 cm³/mol. The van der Waals surface area contributed by atoms with Crippen molar-refractivity contribution < 1.29 is 23.3 Å². The van der Waals surface area contributed by atoms with Crippen LogP contribution >= 0.6 is 0 Å². The van der Waals surface area contributed by atoms with Crippen LogP contribution in [0.25, 0.3) is 11.0 Å². The van der Waals surface area contributed by atoms with Crippen molar-refractivity contribution in [3.8, 4) is 0 Å². The fraction of sp³-hybridized carbons (Fsp3) is 0.300. The first-order valence-electron chi connectivity index (χ1n) is 9.30. The van der Waals surface area contributed by atoms with E-state index in [1.165, 1.54) is 6.07 Å². The Labute approximate surface area is 165 Å². The molecule has 0 atom stereocenters. The molecule has 1 aliphatic rings. The minimum atomic E-state index is -0.726. The van der Waals surface area contributed by atoms with E-state index in [1.54, 1.807) is 29.2 Å². The Bertz CT molecular complexity index is 1090. The number of benzene rings is 1. The Morgan fingerprint density at radius 1 is 1.14 bits per heavy atom. The predicted octanol–water partition coefficient (Wildman–Crippen LogP) is 4.06. The highest BCUT2D eigenvalue weighted by molar-refractivity contribution is 6.13. The van der Waals surface area contributed by atoms with E-state index in [4.69, 9.17) is 8.83 Å². The van der Waals surface area contributed by atoms with Crippen molar-refractivity contribution in [1.29, 1.82) is 0 Å². The number of para-hydroxylation sites is 1. The van der Waals surface area contributed by atoms with Gasteiger partial charge in [-0.15, -0.1) is 0 Å². The van der Waals surface area contributed by atoms with Crippen LogP contribution in [0.3, 0.4) is 0 Å². The first-order chi connectivity index (χ1) is 13.9. The molecular formula is C20H19N3O6. The summed E-state index contributed by atoms with van der Waals surface area (Å²) in [7, 11) is 0. The summed E-state index contributed by atoms with van der Waals surface area (Å²) in [6.07, 6.45) is 1.81. The number of nitrogens with zero attached hydrogens (tertiary/aromatic N) is 2. The maximum Gasteiger partial charge on any atom is 0.433 e. The van der Waals surface area contributed by atoms with E-state index in [9.17, 15) is 19.7 Å². The van der Waals surface area contributed by atoms with Crippen molar-refractivity contribution >= 4 is 34.4 Å². The van der Waals surface area contributed by atoms with Crippen molar-refractivity contribution in [1.82, 2.24) is 4.90 Å². The molecule has 0 saturated carbocycles. The summed E-state index contributed by atoms with van der Waals surface area (Å²) in [6, 6.07) is 9.28. The van der Waals surface area contributed by atoms with Crippen LogP contribution in [0.4, 0.5) is 11.6 Å². The van der Waals surface area contributed by atoms with E-state index in [0.29, 0.717) is 30.0 Å². The van der Waals surface area contributed by atoms with Crippen molar-refractivity contribution in [3.63, 3.8) is 0 Å². The van der Waals surface area contributed by atoms with E-state index in [2.05, 4.69) is 12.2 Å². The molecule has 9 heteroatoms. The summed E-state index contributed by atoms with van der Waals surface area (Å²) in [5.74, 6) is -1.17. The van der Waals surface area contributed by atoms with Crippen LogP contribution in [-0.2, 0) is 0 Å². The molecule has 9 nitrogen and oxygen atoms in total. The highest BCUT2D eigenvalue weighted by Crippen LogP contribution is 2.33. The Kier molecular flexibility index (Phi) is 4.79. The maximum absolute atomic E-state index is 13.1. The Balaban J connectivity index is 1.67. The molecule has 0 radical (unpaired) electrons. The lowest BCUT2D eigenvalue weighted by molar-refractivity contribution is -0.402. The third kappa shape index (κ3) is 3.58. The lowest BCUT2D eigenvalue weighted by atomic mass is 9.99. The van der Waals surface area contributed by atoms with Crippen molar-refractivity contribution in [2.75, 3.05) is 18.4 Å². The van der Waals surface area contributed by atoms with Crippen molar-refractivity contribution in [3.05, 3.63) is 58.0 Å². The maximum atomic E-state index is 13.1. The number of hydrogen-bond acceptors (Lipinski definition) is 6. The van der Waals surface area contributed by atoms with Gasteiger partial charge in [0.25, 0.3) is 11.8 Å². The summed E-state index contributed by atoms with van der Waals surface area (Å²) in [4.78, 5) is 37.4. The first-order valence-corrected chi connectivity index (χ1v) is 9.30. The molecule has 2 aromatic heterocycles. The Hall–Kier alpha value is -3.62. The second-order valence-corrected chi connectivity index (χ2v) is 7.13. The molecule has 0 aliphatic carbocycles. The number of fused-ring (bicyclic) bond motifs is 1. The van der Waals surface area contributed by atoms with Gasteiger partial charge in [-0.05, 0) is 37.0 Å². The normalized spacial score (nSPS) is 14.9. The second kappa shape index (κ2) is 7.42. The van der Waals surface area contributed by atoms with Gasteiger partial charge >= 0.3 is 5.88 Å². The molecule has 29 heavy (non-hydrogen) atoms. The van der Waals surface area contributed by atoms with E-state index in [0.717, 1.165) is 18.9 Å². The van der Waals surface area contributed by atoms with Gasteiger partial charge in [-0.3, -0.25) is 19.7 Å². The molecule has 150 valence electrons. The fourth-order valence-corrected chi connectivity index (χ4v) is 3.40. The van der Waals surface area contributed by atoms with Gasteiger partial charge < -0.3 is 19.1 Å². The summed E-state index contributed by atoms with van der Waals surface area (Å²) in [6.45, 7) is 3.39. The average Bonchev–Trinajstić information content (AvgIpc) is 3.34. The number of carbonyl (C=O) groups excluding carboxylic acids is 2. The van der Waals surface area contributed by atoms with Gasteiger partial charge in [0.15, 0.2) is 5.76 Å². The molecule has 0 bridgehead atoms. The van der Waals surface area contributed by atoms with Gasteiger partial charge in [0, 0.05) is 18.5 Å². The van der Waals surface area contributed by atoms with Crippen LogP contribution in [0.15, 0.2) is 45.2 Å². The molecule has 2 amide bonds. The summed E-state index contributed by atoms with van der Waals surface area (Å²) < 4.78 is 10.7. The quantitative estimate of drug-likeness (QED) is 0.524. The molecule has 0 spiro atoms. The number of amides is 2. The van der Waals surface area contributed by atoms with Crippen LogP contribution < -0.4 is 5.32 Å². The molecule has 1 fully saturated rings. The molecule has 3 heterocycles. The zero-order valence-corrected chi connectivity index (χ0v) is 15.7. The standard InChI is InChI=1S/C20H19N3O6/c1-12-8-10-22(11-9-12)20(25)18-17(13-4-2-3-5-14(13)29-18)21-19(24)15-6-7-16(28-15)23(26)27/h2-7,12H,8-11H2,1H3,(H,21,24). The molecule has 1 saturated heterocycles. The number of nitrogens with one attached hydrogen (secondary N) is 1. The minimum Gasteiger partial charge on any atom is -0.449 e. The smallest absolute Gasteiger partial charge is 0.433 e. The first kappa shape index (κ1) is 18.7. The molecule has 0 unspecified atom stereocenters. The van der Waals surface area contributed by atoms with E-state index < -0.39 is 16.7 Å². The number of carbonyl (C=O) groups is 2. The average molecular weight is 397 g/mol. The number of piperidine rings is 1. The third-order valence-electron chi connectivity index (χ3n) is 5.09. The molecule has 3 aromatic rings. The van der Waals surface area contributed by atoms with E-state index in [-0.39, 0.29) is 23.1 Å². The highest BCUT2D eigenvalue weighted by Gasteiger charge is 2.29. The third-order valence-corrected chi connectivity index (χ3v) is 5.09. The molecule has 1 aliphatic heterocycles. The van der Waals surface area contributed by atoms with Crippen LogP contribution in [0, 0.1) is 16.0 Å². The van der Waals surface area contributed by atoms with Gasteiger partial charge in [0.2, 0.25) is 5.76 Å². The van der Waals surface area contributed by atoms with Gasteiger partial charge in [-0.2, -0.15) is 0 Å². The number of hydrogen-bond donors (Lipinski definition) is 1. The Morgan fingerprint density at radius 2 is 1.86 bits per heavy atom. The summed E-state index contributed by atoms with van der Waals surface area (Å²) in [5.41, 5.74) is 0.690. The van der Waals surface area contributed by atoms with E-state index in [1.807, 2.05) is 0 Å². The van der Waals surface area contributed by atoms with Gasteiger partial charge in [0.1, 0.15) is 16.2 Å². The lowest BCUT2D eigenvalue weighted by Crippen LogP contribution is -2.38. The number of nitro groups is 1. The number of furan rings is 2. The molecule has 1 aromatic carbocycles. The van der Waals surface area contributed by atoms with Crippen LogP contribution in [0.2, 0.25) is 0 Å². The monoisotopic (exact) mass is 397 g/mol. The summed E-state index contributed by atoms with van der Waals surface area (Å²) in [5, 5.41) is 14.0. The molecule has 4 rings (SSSR count). The number of anilines is 1. The van der Waals surface area contributed by atoms with Crippen molar-refractivity contribution in [2.45, 2.75) is 19.8 Å². The lowest BCUT2D eigenvalue weighted by Gasteiger charge is -2.29. The molecule has 1 N–H and O–H groups in total. The number of likely N-dealkylation sites (tertiary alicyclic amines) is 1. The van der Waals surface area contributed by atoms with Crippen LogP contribution in [-0.4, -0.2) is 34.7 Å². The molecular weight excluding hydrogens is 378 g/mol. The van der Waals surface area contributed by atoms with Gasteiger partial charge in [-0.1, -0.05) is 19.1 Å². The van der Waals surface area contributed by atoms with Crippen LogP contribution in [0.1, 0.15) is 40.9 Å². The zero-order valence-electron chi connectivity index (χ0n) is 15.7. The topological polar surface area (TPSA) is 119 Å². The minimum absolute atomic E-state index is 0.0372. The zero-order chi connectivity index (χ0) is 20.5. The summed E-state index contributed by atoms with van der Waals surface area (Å²) >= 11 is 0. The number of rotatable bonds is 4. The second-order valence-electron chi connectivity index (χ2n) is 7.13.